The summed E-state index contributed by atoms with van der Waals surface area (Å²) < 4.78 is 19.1. The van der Waals surface area contributed by atoms with Crippen molar-refractivity contribution >= 4 is 11.7 Å². The third kappa shape index (κ3) is 3.58. The van der Waals surface area contributed by atoms with Crippen molar-refractivity contribution in [3.05, 3.63) is 24.0 Å². The van der Waals surface area contributed by atoms with Gasteiger partial charge in [0.25, 0.3) is 0 Å². The van der Waals surface area contributed by atoms with Crippen molar-refractivity contribution in [1.29, 1.82) is 0 Å². The summed E-state index contributed by atoms with van der Waals surface area (Å²) >= 11 is 0. The summed E-state index contributed by atoms with van der Waals surface area (Å²) in [6.45, 7) is 4.58. The average Bonchev–Trinajstić information content (AvgIpc) is 2.92. The quantitative estimate of drug-likeness (QED) is 0.874. The highest BCUT2D eigenvalue weighted by atomic mass is 19.1. The maximum Gasteiger partial charge on any atom is 0.322 e. The molecule has 0 aromatic heterocycles. The molecule has 0 saturated carbocycles. The Balaban J connectivity index is 2.23. The van der Waals surface area contributed by atoms with Gasteiger partial charge in [0.15, 0.2) is 5.82 Å². The van der Waals surface area contributed by atoms with Crippen LogP contribution in [-0.2, 0) is 0 Å². The highest BCUT2D eigenvalue weighted by Gasteiger charge is 2.43. The first-order chi connectivity index (χ1) is 10.9. The van der Waals surface area contributed by atoms with Gasteiger partial charge in [-0.2, -0.15) is 0 Å². The van der Waals surface area contributed by atoms with Crippen LogP contribution in [0.4, 0.5) is 14.9 Å². The molecule has 128 valence electrons. The predicted molar refractivity (Wildman–Crippen MR) is 87.2 cm³/mol. The Labute approximate surface area is 136 Å². The molecule has 1 saturated heterocycles. The Morgan fingerprint density at radius 1 is 1.52 bits per heavy atom. The number of benzene rings is 1. The van der Waals surface area contributed by atoms with E-state index in [4.69, 9.17) is 4.74 Å². The summed E-state index contributed by atoms with van der Waals surface area (Å²) in [7, 11) is 1.43. The first kappa shape index (κ1) is 17.5. The molecule has 1 atom stereocenters. The third-order valence-corrected chi connectivity index (χ3v) is 4.35. The molecular weight excluding hydrogens is 299 g/mol. The molecular formula is C17H25FN2O3. The number of amides is 2. The van der Waals surface area contributed by atoms with Crippen molar-refractivity contribution in [1.82, 2.24) is 4.90 Å². The zero-order valence-electron chi connectivity index (χ0n) is 13.9. The fourth-order valence-electron chi connectivity index (χ4n) is 3.43. The first-order valence-corrected chi connectivity index (χ1v) is 7.95. The Kier molecular flexibility index (Phi) is 5.46. The van der Waals surface area contributed by atoms with Crippen LogP contribution >= 0.6 is 0 Å². The molecule has 0 unspecified atom stereocenters. The van der Waals surface area contributed by atoms with Crippen molar-refractivity contribution in [2.45, 2.75) is 38.6 Å². The van der Waals surface area contributed by atoms with Gasteiger partial charge in [0.05, 0.1) is 19.3 Å². The maximum atomic E-state index is 14.0. The summed E-state index contributed by atoms with van der Waals surface area (Å²) in [5.74, 6) is 0.0740. The van der Waals surface area contributed by atoms with Crippen LogP contribution in [0.2, 0.25) is 0 Å². The summed E-state index contributed by atoms with van der Waals surface area (Å²) in [5, 5.41) is 12.5. The fourth-order valence-corrected chi connectivity index (χ4v) is 3.43. The van der Waals surface area contributed by atoms with Gasteiger partial charge in [0, 0.05) is 6.54 Å². The molecule has 0 radical (unpaired) electrons. The molecule has 23 heavy (non-hydrogen) atoms. The number of methoxy groups -OCH3 is 1. The van der Waals surface area contributed by atoms with Crippen LogP contribution in [-0.4, -0.2) is 41.8 Å². The van der Waals surface area contributed by atoms with E-state index in [0.717, 1.165) is 12.8 Å². The van der Waals surface area contributed by atoms with Crippen LogP contribution in [0.25, 0.3) is 0 Å². The number of anilines is 1. The number of aliphatic hydroxyl groups is 1. The number of nitrogens with one attached hydrogen (secondary N) is 1. The summed E-state index contributed by atoms with van der Waals surface area (Å²) in [5.41, 5.74) is -0.542. The minimum absolute atomic E-state index is 0.0308. The molecule has 6 heteroatoms. The molecule has 0 spiro atoms. The molecule has 0 aliphatic carbocycles. The smallest absolute Gasteiger partial charge is 0.322 e. The standard InChI is InChI=1S/C17H25FN2O3/c1-12(2)10-17(11-21)8-5-9-20(17)16(22)19-15-13(18)6-4-7-14(15)23-3/h4,6-7,12,21H,5,8-11H2,1-3H3,(H,19,22)/t17-/m0/s1. The largest absolute Gasteiger partial charge is 0.494 e. The Hall–Kier alpha value is -1.82. The van der Waals surface area contributed by atoms with Gasteiger partial charge in [-0.05, 0) is 37.3 Å². The Morgan fingerprint density at radius 2 is 2.26 bits per heavy atom. The van der Waals surface area contributed by atoms with Gasteiger partial charge >= 0.3 is 6.03 Å². The molecule has 1 fully saturated rings. The van der Waals surface area contributed by atoms with Gasteiger partial charge in [-0.1, -0.05) is 19.9 Å². The molecule has 1 aromatic carbocycles. The van der Waals surface area contributed by atoms with E-state index in [-0.39, 0.29) is 18.0 Å². The normalized spacial score (nSPS) is 20.9. The van der Waals surface area contributed by atoms with Crippen LogP contribution in [0.1, 0.15) is 33.1 Å². The lowest BCUT2D eigenvalue weighted by atomic mass is 9.87. The minimum atomic E-state index is -0.573. The second-order valence-corrected chi connectivity index (χ2v) is 6.48. The second-order valence-electron chi connectivity index (χ2n) is 6.48. The number of hydrogen-bond donors (Lipinski definition) is 2. The number of rotatable bonds is 5. The number of likely N-dealkylation sites (tertiary alicyclic amines) is 1. The molecule has 1 aliphatic rings. The number of carbonyl (C=O) groups excluding carboxylic acids is 1. The van der Waals surface area contributed by atoms with E-state index in [1.54, 1.807) is 11.0 Å². The van der Waals surface area contributed by atoms with E-state index in [2.05, 4.69) is 19.2 Å². The van der Waals surface area contributed by atoms with Crippen LogP contribution < -0.4 is 10.1 Å². The molecule has 0 bridgehead atoms. The Morgan fingerprint density at radius 3 is 2.87 bits per heavy atom. The average molecular weight is 324 g/mol. The van der Waals surface area contributed by atoms with Gasteiger partial charge in [0.2, 0.25) is 0 Å². The van der Waals surface area contributed by atoms with Gasteiger partial charge in [-0.25, -0.2) is 9.18 Å². The fraction of sp³-hybridized carbons (Fsp3) is 0.588. The van der Waals surface area contributed by atoms with Crippen molar-refractivity contribution in [3.8, 4) is 5.75 Å². The number of ether oxygens (including phenoxy) is 1. The van der Waals surface area contributed by atoms with Crippen molar-refractivity contribution < 1.29 is 19.0 Å². The van der Waals surface area contributed by atoms with Crippen LogP contribution in [0.3, 0.4) is 0 Å². The van der Waals surface area contributed by atoms with Gasteiger partial charge in [-0.3, -0.25) is 0 Å². The van der Waals surface area contributed by atoms with Crippen molar-refractivity contribution in [3.63, 3.8) is 0 Å². The third-order valence-electron chi connectivity index (χ3n) is 4.35. The van der Waals surface area contributed by atoms with Crippen molar-refractivity contribution in [2.75, 3.05) is 25.6 Å². The highest BCUT2D eigenvalue weighted by molar-refractivity contribution is 5.91. The zero-order valence-corrected chi connectivity index (χ0v) is 13.9. The minimum Gasteiger partial charge on any atom is -0.494 e. The molecule has 1 aliphatic heterocycles. The summed E-state index contributed by atoms with van der Waals surface area (Å²) in [4.78, 5) is 14.3. The molecule has 2 rings (SSSR count). The number of urea groups is 1. The molecule has 2 amide bonds. The van der Waals surface area contributed by atoms with Gasteiger partial charge < -0.3 is 20.1 Å². The van der Waals surface area contributed by atoms with E-state index in [1.165, 1.54) is 19.2 Å². The maximum absolute atomic E-state index is 14.0. The number of hydrogen-bond acceptors (Lipinski definition) is 3. The van der Waals surface area contributed by atoms with Crippen LogP contribution in [0.5, 0.6) is 5.75 Å². The van der Waals surface area contributed by atoms with Crippen molar-refractivity contribution in [2.24, 2.45) is 5.92 Å². The highest BCUT2D eigenvalue weighted by Crippen LogP contribution is 2.36. The first-order valence-electron chi connectivity index (χ1n) is 7.95. The second kappa shape index (κ2) is 7.17. The number of para-hydroxylation sites is 1. The molecule has 1 heterocycles. The lowest BCUT2D eigenvalue weighted by molar-refractivity contribution is 0.0727. The van der Waals surface area contributed by atoms with Crippen LogP contribution in [0, 0.1) is 11.7 Å². The summed E-state index contributed by atoms with van der Waals surface area (Å²) in [6, 6.07) is 3.99. The summed E-state index contributed by atoms with van der Waals surface area (Å²) in [6.07, 6.45) is 2.30. The van der Waals surface area contributed by atoms with E-state index >= 15 is 0 Å². The number of nitrogens with zero attached hydrogens (tertiary/aromatic N) is 1. The lowest BCUT2D eigenvalue weighted by Crippen LogP contribution is -2.52. The monoisotopic (exact) mass is 324 g/mol. The number of halogens is 1. The number of carbonyl (C=O) groups is 1. The Bertz CT molecular complexity index is 565. The predicted octanol–water partition coefficient (Wildman–Crippen LogP) is 3.24. The van der Waals surface area contributed by atoms with Gasteiger partial charge in [-0.15, -0.1) is 0 Å². The molecule has 2 N–H and O–H groups in total. The number of aliphatic hydroxyl groups excluding tert-OH is 1. The van der Waals surface area contributed by atoms with E-state index < -0.39 is 17.4 Å². The molecule has 1 aromatic rings. The molecule has 5 nitrogen and oxygen atoms in total. The van der Waals surface area contributed by atoms with Gasteiger partial charge in [0.1, 0.15) is 11.4 Å². The lowest BCUT2D eigenvalue weighted by Gasteiger charge is -2.38. The van der Waals surface area contributed by atoms with E-state index in [0.29, 0.717) is 18.9 Å². The topological polar surface area (TPSA) is 61.8 Å². The SMILES string of the molecule is COc1cccc(F)c1NC(=O)N1CCC[C@@]1(CO)CC(C)C. The zero-order chi connectivity index (χ0) is 17.0. The van der Waals surface area contributed by atoms with E-state index in [9.17, 15) is 14.3 Å². The van der Waals surface area contributed by atoms with E-state index in [1.807, 2.05) is 0 Å². The van der Waals surface area contributed by atoms with Crippen LogP contribution in [0.15, 0.2) is 18.2 Å².